The zero-order chi connectivity index (χ0) is 19.6. The molecule has 0 spiro atoms. The van der Waals surface area contributed by atoms with E-state index in [0.29, 0.717) is 11.1 Å². The average molecular weight is 367 g/mol. The number of amides is 1. The van der Waals surface area contributed by atoms with Gasteiger partial charge in [0.25, 0.3) is 11.7 Å². The first-order valence-electron chi connectivity index (χ1n) is 8.13. The van der Waals surface area contributed by atoms with E-state index in [1.54, 1.807) is 30.3 Å². The van der Waals surface area contributed by atoms with Crippen molar-refractivity contribution >= 4 is 23.4 Å². The summed E-state index contributed by atoms with van der Waals surface area (Å²) in [7, 11) is 1.18. The maximum atomic E-state index is 12.6. The van der Waals surface area contributed by atoms with Crippen LogP contribution in [-0.4, -0.2) is 46.4 Å². The summed E-state index contributed by atoms with van der Waals surface area (Å²) in [6.45, 7) is -0.446. The standard InChI is InChI=1S/C20H17NO6/c1-27-15(23)11-21-17(12-7-9-14(22)10-8-12)16(19(25)20(21)26)18(24)13-5-3-2-4-6-13/h2-10,17,22,24H,11H2,1H3/b18-16-. The molecule has 0 radical (unpaired) electrons. The number of rotatable bonds is 4. The molecule has 1 aliphatic rings. The van der Waals surface area contributed by atoms with E-state index in [1.165, 1.54) is 31.4 Å². The third-order valence-corrected chi connectivity index (χ3v) is 4.32. The fraction of sp³-hybridized carbons (Fsp3) is 0.150. The van der Waals surface area contributed by atoms with Crippen LogP contribution in [0.2, 0.25) is 0 Å². The van der Waals surface area contributed by atoms with Crippen LogP contribution in [0.1, 0.15) is 17.2 Å². The minimum Gasteiger partial charge on any atom is -0.508 e. The van der Waals surface area contributed by atoms with Gasteiger partial charge in [-0.25, -0.2) is 0 Å². The Kier molecular flexibility index (Phi) is 4.94. The molecular formula is C20H17NO6. The fourth-order valence-corrected chi connectivity index (χ4v) is 3.00. The summed E-state index contributed by atoms with van der Waals surface area (Å²) in [6, 6.07) is 13.2. The van der Waals surface area contributed by atoms with Crippen LogP contribution in [0.4, 0.5) is 0 Å². The number of likely N-dealkylation sites (tertiary alicyclic amines) is 1. The topological polar surface area (TPSA) is 104 Å². The minimum atomic E-state index is -0.982. The summed E-state index contributed by atoms with van der Waals surface area (Å²) in [6.07, 6.45) is 0. The monoisotopic (exact) mass is 367 g/mol. The van der Waals surface area contributed by atoms with Gasteiger partial charge in [0.15, 0.2) is 0 Å². The molecule has 0 bridgehead atoms. The molecule has 2 aromatic carbocycles. The summed E-state index contributed by atoms with van der Waals surface area (Å²) in [5, 5.41) is 20.2. The molecule has 0 aromatic heterocycles. The van der Waals surface area contributed by atoms with Gasteiger partial charge in [-0.3, -0.25) is 14.4 Å². The Morgan fingerprint density at radius 2 is 1.70 bits per heavy atom. The molecule has 7 nitrogen and oxygen atoms in total. The fourth-order valence-electron chi connectivity index (χ4n) is 3.00. The number of ether oxygens (including phenoxy) is 1. The summed E-state index contributed by atoms with van der Waals surface area (Å²) in [4.78, 5) is 38.0. The summed E-state index contributed by atoms with van der Waals surface area (Å²) in [5.74, 6) is -2.82. The number of phenolic OH excluding ortho intramolecular Hbond substituents is 1. The van der Waals surface area contributed by atoms with Crippen LogP contribution in [0.3, 0.4) is 0 Å². The molecule has 3 rings (SSSR count). The van der Waals surface area contributed by atoms with E-state index in [9.17, 15) is 24.6 Å². The van der Waals surface area contributed by atoms with Crippen LogP contribution in [0.25, 0.3) is 5.76 Å². The Bertz CT molecular complexity index is 917. The molecule has 1 fully saturated rings. The average Bonchev–Trinajstić information content (AvgIpc) is 2.93. The molecule has 2 N–H and O–H groups in total. The van der Waals surface area contributed by atoms with Gasteiger partial charge in [0.05, 0.1) is 18.7 Å². The van der Waals surface area contributed by atoms with Crippen LogP contribution >= 0.6 is 0 Å². The van der Waals surface area contributed by atoms with Gasteiger partial charge in [0.2, 0.25) is 0 Å². The van der Waals surface area contributed by atoms with Gasteiger partial charge in [-0.1, -0.05) is 42.5 Å². The van der Waals surface area contributed by atoms with Gasteiger partial charge < -0.3 is 19.8 Å². The van der Waals surface area contributed by atoms with Crippen LogP contribution in [0.5, 0.6) is 5.75 Å². The van der Waals surface area contributed by atoms with Gasteiger partial charge in [0.1, 0.15) is 18.1 Å². The summed E-state index contributed by atoms with van der Waals surface area (Å²) >= 11 is 0. The molecule has 1 aliphatic heterocycles. The number of aliphatic hydroxyl groups is 1. The van der Waals surface area contributed by atoms with Crippen molar-refractivity contribution < 1.29 is 29.3 Å². The molecule has 7 heteroatoms. The molecule has 1 heterocycles. The quantitative estimate of drug-likeness (QED) is 0.371. The van der Waals surface area contributed by atoms with Crippen molar-refractivity contribution in [2.45, 2.75) is 6.04 Å². The maximum Gasteiger partial charge on any atom is 0.325 e. The lowest BCUT2D eigenvalue weighted by molar-refractivity contribution is -0.148. The zero-order valence-electron chi connectivity index (χ0n) is 14.5. The normalized spacial score (nSPS) is 18.6. The number of nitrogens with zero attached hydrogens (tertiary/aromatic N) is 1. The van der Waals surface area contributed by atoms with Gasteiger partial charge in [0, 0.05) is 5.56 Å². The Hall–Kier alpha value is -3.61. The van der Waals surface area contributed by atoms with Crippen LogP contribution in [-0.2, 0) is 19.1 Å². The number of benzene rings is 2. The molecule has 1 amide bonds. The minimum absolute atomic E-state index is 0.00623. The molecule has 2 aromatic rings. The number of methoxy groups -OCH3 is 1. The lowest BCUT2D eigenvalue weighted by Crippen LogP contribution is -2.35. The number of Topliss-reactive ketones (excluding diaryl/α,β-unsaturated/α-hetero) is 1. The smallest absolute Gasteiger partial charge is 0.325 e. The third-order valence-electron chi connectivity index (χ3n) is 4.32. The number of hydrogen-bond donors (Lipinski definition) is 2. The molecular weight excluding hydrogens is 350 g/mol. The third kappa shape index (κ3) is 3.39. The summed E-state index contributed by atoms with van der Waals surface area (Å²) in [5.41, 5.74) is 0.714. The van der Waals surface area contributed by atoms with E-state index in [1.807, 2.05) is 0 Å². The molecule has 1 saturated heterocycles. The molecule has 0 aliphatic carbocycles. The highest BCUT2D eigenvalue weighted by Crippen LogP contribution is 2.39. The van der Waals surface area contributed by atoms with Crippen LogP contribution in [0.15, 0.2) is 60.2 Å². The van der Waals surface area contributed by atoms with Crippen LogP contribution in [0, 0.1) is 0 Å². The highest BCUT2D eigenvalue weighted by molar-refractivity contribution is 6.46. The molecule has 1 atom stereocenters. The van der Waals surface area contributed by atoms with Gasteiger partial charge in [-0.05, 0) is 17.7 Å². The number of carbonyl (C=O) groups is 3. The molecule has 0 saturated carbocycles. The number of carbonyl (C=O) groups excluding carboxylic acids is 3. The van der Waals surface area contributed by atoms with E-state index >= 15 is 0 Å². The second-order valence-corrected chi connectivity index (χ2v) is 5.96. The zero-order valence-corrected chi connectivity index (χ0v) is 14.5. The predicted molar refractivity (Wildman–Crippen MR) is 95.6 cm³/mol. The predicted octanol–water partition coefficient (Wildman–Crippen LogP) is 1.99. The number of aliphatic hydroxyl groups excluding tert-OH is 1. The molecule has 27 heavy (non-hydrogen) atoms. The SMILES string of the molecule is COC(=O)CN1C(=O)C(=O)/C(=C(\O)c2ccccc2)C1c1ccc(O)cc1. The van der Waals surface area contributed by atoms with Crippen molar-refractivity contribution in [2.75, 3.05) is 13.7 Å². The number of aromatic hydroxyl groups is 1. The first-order chi connectivity index (χ1) is 12.9. The van der Waals surface area contributed by atoms with Crippen molar-refractivity contribution in [1.82, 2.24) is 4.90 Å². The largest absolute Gasteiger partial charge is 0.508 e. The number of esters is 1. The number of ketones is 1. The van der Waals surface area contributed by atoms with Crippen molar-refractivity contribution in [3.63, 3.8) is 0 Å². The Morgan fingerprint density at radius 1 is 1.07 bits per heavy atom. The van der Waals surface area contributed by atoms with E-state index in [4.69, 9.17) is 0 Å². The van der Waals surface area contributed by atoms with Crippen LogP contribution < -0.4 is 0 Å². The highest BCUT2D eigenvalue weighted by atomic mass is 16.5. The van der Waals surface area contributed by atoms with Gasteiger partial charge in [-0.2, -0.15) is 0 Å². The molecule has 138 valence electrons. The summed E-state index contributed by atoms with van der Waals surface area (Å²) < 4.78 is 4.62. The Morgan fingerprint density at radius 3 is 2.30 bits per heavy atom. The number of hydrogen-bond acceptors (Lipinski definition) is 6. The highest BCUT2D eigenvalue weighted by Gasteiger charge is 2.46. The Balaban J connectivity index is 2.17. The van der Waals surface area contributed by atoms with Crippen molar-refractivity contribution in [3.05, 3.63) is 71.3 Å². The Labute approximate surface area is 155 Å². The molecule has 1 unspecified atom stereocenters. The van der Waals surface area contributed by atoms with Crippen molar-refractivity contribution in [1.29, 1.82) is 0 Å². The van der Waals surface area contributed by atoms with E-state index in [2.05, 4.69) is 4.74 Å². The number of phenols is 1. The van der Waals surface area contributed by atoms with Crippen molar-refractivity contribution in [2.24, 2.45) is 0 Å². The van der Waals surface area contributed by atoms with Gasteiger partial charge in [-0.15, -0.1) is 0 Å². The second kappa shape index (κ2) is 7.33. The maximum absolute atomic E-state index is 12.6. The van der Waals surface area contributed by atoms with E-state index < -0.39 is 30.2 Å². The van der Waals surface area contributed by atoms with Gasteiger partial charge >= 0.3 is 5.97 Å². The lowest BCUT2D eigenvalue weighted by Gasteiger charge is -2.24. The lowest BCUT2D eigenvalue weighted by atomic mass is 9.95. The van der Waals surface area contributed by atoms with Crippen molar-refractivity contribution in [3.8, 4) is 5.75 Å². The first-order valence-corrected chi connectivity index (χ1v) is 8.13. The second-order valence-electron chi connectivity index (χ2n) is 5.96. The van der Waals surface area contributed by atoms with E-state index in [-0.39, 0.29) is 17.1 Å². The first kappa shape index (κ1) is 18.2. The van der Waals surface area contributed by atoms with E-state index in [0.717, 1.165) is 4.90 Å².